The van der Waals surface area contributed by atoms with Crippen LogP contribution in [0.15, 0.2) is 4.99 Å². The molecule has 0 N–H and O–H groups in total. The fourth-order valence-corrected chi connectivity index (χ4v) is 3.57. The number of morpholine rings is 1. The van der Waals surface area contributed by atoms with E-state index >= 15 is 0 Å². The molecule has 0 amide bonds. The van der Waals surface area contributed by atoms with Crippen molar-refractivity contribution in [2.24, 2.45) is 4.99 Å². The van der Waals surface area contributed by atoms with Gasteiger partial charge in [0.25, 0.3) is 0 Å². The Kier molecular flexibility index (Phi) is 3.63. The van der Waals surface area contributed by atoms with E-state index in [9.17, 15) is 0 Å². The van der Waals surface area contributed by atoms with E-state index in [1.54, 1.807) is 0 Å². The summed E-state index contributed by atoms with van der Waals surface area (Å²) < 4.78 is 5.51. The average molecular weight is 293 g/mol. The van der Waals surface area contributed by atoms with Gasteiger partial charge in [0, 0.05) is 17.1 Å². The Bertz CT molecular complexity index is 270. The van der Waals surface area contributed by atoms with E-state index in [1.165, 1.54) is 5.17 Å². The zero-order chi connectivity index (χ0) is 10.9. The normalized spacial score (nSPS) is 30.5. The largest absolute Gasteiger partial charge is 0.377 e. The van der Waals surface area contributed by atoms with Crippen LogP contribution in [0.25, 0.3) is 0 Å². The summed E-state index contributed by atoms with van der Waals surface area (Å²) in [4.78, 5) is 7.02. The molecule has 86 valence electrons. The first-order chi connectivity index (χ1) is 7.13. The number of hydrogen-bond acceptors (Lipinski definition) is 4. The van der Waals surface area contributed by atoms with E-state index in [0.717, 1.165) is 31.6 Å². The SMILES string of the molecule is CC1(C)COCCN1C1=NCC(CBr)S1. The molecular formula is C10H17BrN2OS. The first-order valence-electron chi connectivity index (χ1n) is 5.26. The average Bonchev–Trinajstić information content (AvgIpc) is 2.65. The smallest absolute Gasteiger partial charge is 0.160 e. The molecule has 0 radical (unpaired) electrons. The molecule has 2 rings (SSSR count). The summed E-state index contributed by atoms with van der Waals surface area (Å²) in [6, 6.07) is 0. The molecule has 1 atom stereocenters. The number of nitrogens with zero attached hydrogens (tertiary/aromatic N) is 2. The molecule has 0 aromatic heterocycles. The molecule has 0 bridgehead atoms. The van der Waals surface area contributed by atoms with Crippen molar-refractivity contribution in [3.8, 4) is 0 Å². The van der Waals surface area contributed by atoms with Gasteiger partial charge in [-0.25, -0.2) is 0 Å². The van der Waals surface area contributed by atoms with Gasteiger partial charge in [-0.1, -0.05) is 27.7 Å². The third kappa shape index (κ3) is 2.50. The van der Waals surface area contributed by atoms with Crippen LogP contribution in [0, 0.1) is 0 Å². The van der Waals surface area contributed by atoms with Crippen LogP contribution in [-0.2, 0) is 4.74 Å². The molecule has 0 saturated carbocycles. The van der Waals surface area contributed by atoms with Gasteiger partial charge in [-0.15, -0.1) is 0 Å². The molecular weight excluding hydrogens is 276 g/mol. The van der Waals surface area contributed by atoms with E-state index in [-0.39, 0.29) is 5.54 Å². The van der Waals surface area contributed by atoms with Crippen molar-refractivity contribution < 1.29 is 4.74 Å². The summed E-state index contributed by atoms with van der Waals surface area (Å²) in [6.07, 6.45) is 0. The van der Waals surface area contributed by atoms with Gasteiger partial charge in [-0.05, 0) is 13.8 Å². The summed E-state index contributed by atoms with van der Waals surface area (Å²) in [5.74, 6) is 0. The van der Waals surface area contributed by atoms with Gasteiger partial charge >= 0.3 is 0 Å². The van der Waals surface area contributed by atoms with Crippen molar-refractivity contribution in [2.75, 3.05) is 31.6 Å². The van der Waals surface area contributed by atoms with Gasteiger partial charge in [0.15, 0.2) is 5.17 Å². The Morgan fingerprint density at radius 1 is 1.67 bits per heavy atom. The maximum Gasteiger partial charge on any atom is 0.160 e. The molecule has 3 nitrogen and oxygen atoms in total. The molecule has 1 saturated heterocycles. The lowest BCUT2D eigenvalue weighted by molar-refractivity contribution is -0.0133. The molecule has 15 heavy (non-hydrogen) atoms. The lowest BCUT2D eigenvalue weighted by atomic mass is 10.0. The van der Waals surface area contributed by atoms with Crippen LogP contribution in [0.1, 0.15) is 13.8 Å². The third-order valence-corrected chi connectivity index (χ3v) is 5.17. The first kappa shape index (κ1) is 11.7. The van der Waals surface area contributed by atoms with Gasteiger partial charge in [0.2, 0.25) is 0 Å². The summed E-state index contributed by atoms with van der Waals surface area (Å²) in [5, 5.41) is 2.83. The van der Waals surface area contributed by atoms with Crippen molar-refractivity contribution in [1.29, 1.82) is 0 Å². The highest BCUT2D eigenvalue weighted by Crippen LogP contribution is 2.30. The zero-order valence-electron chi connectivity index (χ0n) is 9.20. The molecule has 5 heteroatoms. The van der Waals surface area contributed by atoms with E-state index in [1.807, 2.05) is 11.8 Å². The predicted molar refractivity (Wildman–Crippen MR) is 69.1 cm³/mol. The van der Waals surface area contributed by atoms with Crippen molar-refractivity contribution >= 4 is 32.9 Å². The van der Waals surface area contributed by atoms with Gasteiger partial charge in [0.05, 0.1) is 25.3 Å². The fourth-order valence-electron chi connectivity index (χ4n) is 1.85. The number of ether oxygens (including phenoxy) is 1. The second kappa shape index (κ2) is 4.63. The minimum Gasteiger partial charge on any atom is -0.377 e. The van der Waals surface area contributed by atoms with Crippen molar-refractivity contribution in [2.45, 2.75) is 24.6 Å². The third-order valence-electron chi connectivity index (χ3n) is 2.75. The van der Waals surface area contributed by atoms with E-state index in [4.69, 9.17) is 4.74 Å². The van der Waals surface area contributed by atoms with Gasteiger partial charge in [0.1, 0.15) is 0 Å². The summed E-state index contributed by atoms with van der Waals surface area (Å²) in [7, 11) is 0. The van der Waals surface area contributed by atoms with Crippen molar-refractivity contribution in [3.05, 3.63) is 0 Å². The topological polar surface area (TPSA) is 24.8 Å². The number of alkyl halides is 1. The molecule has 2 aliphatic heterocycles. The highest BCUT2D eigenvalue weighted by Gasteiger charge is 2.35. The van der Waals surface area contributed by atoms with Crippen molar-refractivity contribution in [3.63, 3.8) is 0 Å². The second-order valence-electron chi connectivity index (χ2n) is 4.53. The monoisotopic (exact) mass is 292 g/mol. The molecule has 0 spiro atoms. The standard InChI is InChI=1S/C10H17BrN2OS/c1-10(2)7-14-4-3-13(10)9-12-6-8(5-11)15-9/h8H,3-7H2,1-2H3. The van der Waals surface area contributed by atoms with Crippen LogP contribution >= 0.6 is 27.7 Å². The number of aliphatic imine (C=N–C) groups is 1. The number of hydrogen-bond donors (Lipinski definition) is 0. The van der Waals surface area contributed by atoms with Crippen LogP contribution in [0.4, 0.5) is 0 Å². The molecule has 2 heterocycles. The van der Waals surface area contributed by atoms with Crippen LogP contribution in [-0.4, -0.2) is 52.5 Å². The maximum absolute atomic E-state index is 5.51. The minimum absolute atomic E-state index is 0.0886. The van der Waals surface area contributed by atoms with Crippen molar-refractivity contribution in [1.82, 2.24) is 4.90 Å². The number of halogens is 1. The van der Waals surface area contributed by atoms with Gasteiger partial charge in [-0.3, -0.25) is 4.99 Å². The molecule has 0 aromatic carbocycles. The highest BCUT2D eigenvalue weighted by atomic mass is 79.9. The van der Waals surface area contributed by atoms with E-state index < -0.39 is 0 Å². The van der Waals surface area contributed by atoms with E-state index in [0.29, 0.717) is 5.25 Å². The first-order valence-corrected chi connectivity index (χ1v) is 7.26. The lowest BCUT2D eigenvalue weighted by Crippen LogP contribution is -2.54. The Balaban J connectivity index is 2.04. The predicted octanol–water partition coefficient (Wildman–Crippen LogP) is 1.96. The van der Waals surface area contributed by atoms with Crippen LogP contribution in [0.3, 0.4) is 0 Å². The molecule has 0 aromatic rings. The van der Waals surface area contributed by atoms with Crippen LogP contribution in [0.2, 0.25) is 0 Å². The Hall–Kier alpha value is 0.260. The summed E-state index contributed by atoms with van der Waals surface area (Å²) >= 11 is 5.41. The van der Waals surface area contributed by atoms with Gasteiger partial charge < -0.3 is 9.64 Å². The maximum atomic E-state index is 5.51. The second-order valence-corrected chi connectivity index (χ2v) is 6.45. The Morgan fingerprint density at radius 3 is 3.07 bits per heavy atom. The molecule has 1 unspecified atom stereocenters. The fraction of sp³-hybridized carbons (Fsp3) is 0.900. The molecule has 1 fully saturated rings. The highest BCUT2D eigenvalue weighted by molar-refractivity contribution is 9.09. The Labute approximate surface area is 104 Å². The van der Waals surface area contributed by atoms with Gasteiger partial charge in [-0.2, -0.15) is 0 Å². The van der Waals surface area contributed by atoms with E-state index in [2.05, 4.69) is 39.7 Å². The van der Waals surface area contributed by atoms with Crippen LogP contribution < -0.4 is 0 Å². The molecule has 0 aliphatic carbocycles. The number of amidine groups is 1. The zero-order valence-corrected chi connectivity index (χ0v) is 11.6. The minimum atomic E-state index is 0.0886. The number of thioether (sulfide) groups is 1. The summed E-state index contributed by atoms with van der Waals surface area (Å²) in [6.45, 7) is 7.97. The Morgan fingerprint density at radius 2 is 2.47 bits per heavy atom. The lowest BCUT2D eigenvalue weighted by Gasteiger charge is -2.43. The molecule has 2 aliphatic rings. The quantitative estimate of drug-likeness (QED) is 0.691. The summed E-state index contributed by atoms with van der Waals surface area (Å²) in [5.41, 5.74) is 0.0886. The number of rotatable bonds is 1. The van der Waals surface area contributed by atoms with Crippen LogP contribution in [0.5, 0.6) is 0 Å².